The molecule has 0 saturated carbocycles. The predicted octanol–water partition coefficient (Wildman–Crippen LogP) is 8.07. The molecular formula is C35H33Cl2N3O3. The Morgan fingerprint density at radius 2 is 1.72 bits per heavy atom. The molecule has 1 aliphatic rings. The number of nitrogens with zero attached hydrogens (tertiary/aromatic N) is 3. The van der Waals surface area contributed by atoms with Crippen LogP contribution in [0, 0.1) is 6.92 Å². The summed E-state index contributed by atoms with van der Waals surface area (Å²) in [6.07, 6.45) is 6.84. The summed E-state index contributed by atoms with van der Waals surface area (Å²) in [7, 11) is 0. The number of benzene rings is 3. The van der Waals surface area contributed by atoms with Gasteiger partial charge in [0.1, 0.15) is 12.4 Å². The first-order valence-corrected chi connectivity index (χ1v) is 14.8. The molecule has 3 aromatic carbocycles. The zero-order chi connectivity index (χ0) is 30.2. The lowest BCUT2D eigenvalue weighted by Crippen LogP contribution is -2.47. The van der Waals surface area contributed by atoms with Crippen LogP contribution in [0.2, 0.25) is 10.0 Å². The van der Waals surface area contributed by atoms with Gasteiger partial charge in [0.2, 0.25) is 11.8 Å². The van der Waals surface area contributed by atoms with Crippen LogP contribution in [0.4, 0.5) is 0 Å². The summed E-state index contributed by atoms with van der Waals surface area (Å²) in [4.78, 5) is 21.5. The van der Waals surface area contributed by atoms with E-state index in [9.17, 15) is 4.79 Å². The first kappa shape index (κ1) is 30.4. The Kier molecular flexibility index (Phi) is 10.2. The fraction of sp³-hybridized carbons (Fsp3) is 0.200. The maximum absolute atomic E-state index is 12.9. The fourth-order valence-electron chi connectivity index (χ4n) is 4.79. The molecule has 0 unspecified atom stereocenters. The van der Waals surface area contributed by atoms with Gasteiger partial charge in [-0.15, -0.1) is 0 Å². The fourth-order valence-corrected chi connectivity index (χ4v) is 5.30. The van der Waals surface area contributed by atoms with Crippen molar-refractivity contribution in [2.75, 3.05) is 26.2 Å². The van der Waals surface area contributed by atoms with Gasteiger partial charge in [-0.3, -0.25) is 9.69 Å². The molecule has 0 atom stereocenters. The zero-order valence-corrected chi connectivity index (χ0v) is 25.5. The Hall–Kier alpha value is -4.10. The highest BCUT2D eigenvalue weighted by atomic mass is 35.5. The van der Waals surface area contributed by atoms with Crippen molar-refractivity contribution < 1.29 is 14.3 Å². The quantitative estimate of drug-likeness (QED) is 0.169. The van der Waals surface area contributed by atoms with Crippen LogP contribution in [-0.4, -0.2) is 46.9 Å². The van der Waals surface area contributed by atoms with Crippen LogP contribution in [0.1, 0.15) is 27.8 Å². The number of aryl methyl sites for hydroxylation is 1. The molecule has 1 fully saturated rings. The van der Waals surface area contributed by atoms with Gasteiger partial charge < -0.3 is 14.4 Å². The summed E-state index contributed by atoms with van der Waals surface area (Å²) < 4.78 is 11.8. The van der Waals surface area contributed by atoms with Gasteiger partial charge in [0.25, 0.3) is 0 Å². The van der Waals surface area contributed by atoms with Crippen molar-refractivity contribution >= 4 is 41.3 Å². The monoisotopic (exact) mass is 613 g/mol. The molecule has 220 valence electrons. The molecule has 1 aromatic heterocycles. The standard InChI is InChI=1S/C35H33Cl2N3O3/c1-3-26-8-10-27(11-9-26)23-39-16-18-40(19-17-39)34(41)15-12-28-20-25(2)35(32(37)21-28)43-33-14-13-30(22-38-33)42-24-29-6-4-5-7-31(29)36/h3-15,20-22H,1,16-19,23-24H2,2H3/b15-12+. The second-order valence-electron chi connectivity index (χ2n) is 10.3. The van der Waals surface area contributed by atoms with Crippen molar-refractivity contribution in [2.24, 2.45) is 0 Å². The van der Waals surface area contributed by atoms with E-state index in [0.717, 1.165) is 41.9 Å². The molecule has 0 N–H and O–H groups in total. The van der Waals surface area contributed by atoms with Gasteiger partial charge in [-0.1, -0.05) is 78.3 Å². The molecule has 6 nitrogen and oxygen atoms in total. The number of ether oxygens (including phenoxy) is 2. The minimum absolute atomic E-state index is 0.00914. The van der Waals surface area contributed by atoms with Crippen molar-refractivity contribution in [1.82, 2.24) is 14.8 Å². The van der Waals surface area contributed by atoms with Crippen molar-refractivity contribution in [2.45, 2.75) is 20.1 Å². The Bertz CT molecular complexity index is 1570. The molecule has 5 rings (SSSR count). The van der Waals surface area contributed by atoms with Gasteiger partial charge in [0.15, 0.2) is 5.75 Å². The van der Waals surface area contributed by atoms with Crippen LogP contribution in [0.15, 0.2) is 91.6 Å². The van der Waals surface area contributed by atoms with Crippen LogP contribution in [0.25, 0.3) is 12.2 Å². The zero-order valence-electron chi connectivity index (χ0n) is 24.0. The van der Waals surface area contributed by atoms with E-state index in [1.165, 1.54) is 5.56 Å². The van der Waals surface area contributed by atoms with E-state index in [2.05, 4.69) is 40.7 Å². The number of hydrogen-bond acceptors (Lipinski definition) is 5. The molecule has 0 bridgehead atoms. The Morgan fingerprint density at radius 3 is 2.40 bits per heavy atom. The molecular weight excluding hydrogens is 581 g/mol. The Morgan fingerprint density at radius 1 is 0.953 bits per heavy atom. The summed E-state index contributed by atoms with van der Waals surface area (Å²) in [5.74, 6) is 1.49. The smallest absolute Gasteiger partial charge is 0.246 e. The molecule has 0 aliphatic carbocycles. The summed E-state index contributed by atoms with van der Waals surface area (Å²) in [5, 5.41) is 1.09. The summed E-state index contributed by atoms with van der Waals surface area (Å²) in [6, 6.07) is 23.2. The van der Waals surface area contributed by atoms with Gasteiger partial charge in [0, 0.05) is 55.5 Å². The first-order valence-electron chi connectivity index (χ1n) is 14.1. The van der Waals surface area contributed by atoms with Crippen LogP contribution in [-0.2, 0) is 17.9 Å². The van der Waals surface area contributed by atoms with Gasteiger partial charge in [0.05, 0.1) is 11.2 Å². The van der Waals surface area contributed by atoms with E-state index in [0.29, 0.717) is 47.1 Å². The third kappa shape index (κ3) is 8.26. The Balaban J connectivity index is 1.12. The van der Waals surface area contributed by atoms with E-state index in [1.54, 1.807) is 36.5 Å². The molecule has 4 aromatic rings. The number of pyridine rings is 1. The maximum Gasteiger partial charge on any atom is 0.246 e. The lowest BCUT2D eigenvalue weighted by Gasteiger charge is -2.34. The Labute approximate surface area is 262 Å². The minimum Gasteiger partial charge on any atom is -0.487 e. The number of carbonyl (C=O) groups is 1. The molecule has 2 heterocycles. The summed E-state index contributed by atoms with van der Waals surface area (Å²) in [6.45, 7) is 9.98. The van der Waals surface area contributed by atoms with Gasteiger partial charge >= 0.3 is 0 Å². The molecule has 0 spiro atoms. The normalized spacial score (nSPS) is 13.7. The molecule has 1 saturated heterocycles. The van der Waals surface area contributed by atoms with Crippen LogP contribution >= 0.6 is 23.2 Å². The summed E-state index contributed by atoms with van der Waals surface area (Å²) >= 11 is 12.8. The second-order valence-corrected chi connectivity index (χ2v) is 11.2. The van der Waals surface area contributed by atoms with Crippen molar-refractivity contribution in [3.63, 3.8) is 0 Å². The third-order valence-electron chi connectivity index (χ3n) is 7.24. The van der Waals surface area contributed by atoms with Gasteiger partial charge in [-0.05, 0) is 59.5 Å². The first-order chi connectivity index (χ1) is 20.9. The van der Waals surface area contributed by atoms with E-state index in [1.807, 2.05) is 48.2 Å². The van der Waals surface area contributed by atoms with Crippen LogP contribution in [0.3, 0.4) is 0 Å². The van der Waals surface area contributed by atoms with E-state index >= 15 is 0 Å². The largest absolute Gasteiger partial charge is 0.487 e. The number of carbonyl (C=O) groups excluding carboxylic acids is 1. The highest BCUT2D eigenvalue weighted by molar-refractivity contribution is 6.32. The lowest BCUT2D eigenvalue weighted by molar-refractivity contribution is -0.127. The number of aromatic nitrogens is 1. The highest BCUT2D eigenvalue weighted by Gasteiger charge is 2.20. The molecule has 43 heavy (non-hydrogen) atoms. The second kappa shape index (κ2) is 14.4. The SMILES string of the molecule is C=Cc1ccc(CN2CCN(C(=O)/C=C/c3cc(C)c(Oc4ccc(OCc5ccccc5Cl)cn4)c(Cl)c3)CC2)cc1. The van der Waals surface area contributed by atoms with Crippen molar-refractivity contribution in [3.8, 4) is 17.4 Å². The number of hydrogen-bond donors (Lipinski definition) is 0. The minimum atomic E-state index is -0.00914. The molecule has 0 radical (unpaired) electrons. The molecule has 1 aliphatic heterocycles. The summed E-state index contributed by atoms with van der Waals surface area (Å²) in [5.41, 5.74) is 4.92. The average molecular weight is 615 g/mol. The predicted molar refractivity (Wildman–Crippen MR) is 174 cm³/mol. The van der Waals surface area contributed by atoms with Gasteiger partial charge in [-0.25, -0.2) is 4.98 Å². The lowest BCUT2D eigenvalue weighted by atomic mass is 10.1. The number of amides is 1. The van der Waals surface area contributed by atoms with Crippen LogP contribution in [0.5, 0.6) is 17.4 Å². The van der Waals surface area contributed by atoms with E-state index in [4.69, 9.17) is 32.7 Å². The maximum atomic E-state index is 12.9. The number of halogens is 2. The molecule has 8 heteroatoms. The highest BCUT2D eigenvalue weighted by Crippen LogP contribution is 2.34. The number of piperazine rings is 1. The van der Waals surface area contributed by atoms with Gasteiger partial charge in [-0.2, -0.15) is 0 Å². The third-order valence-corrected chi connectivity index (χ3v) is 7.89. The van der Waals surface area contributed by atoms with Crippen molar-refractivity contribution in [3.05, 3.63) is 130 Å². The number of rotatable bonds is 10. The topological polar surface area (TPSA) is 54.9 Å². The van der Waals surface area contributed by atoms with E-state index < -0.39 is 0 Å². The average Bonchev–Trinajstić information content (AvgIpc) is 3.02. The molecule has 1 amide bonds. The van der Waals surface area contributed by atoms with Crippen molar-refractivity contribution in [1.29, 1.82) is 0 Å². The van der Waals surface area contributed by atoms with E-state index in [-0.39, 0.29) is 5.91 Å². The van der Waals surface area contributed by atoms with Crippen LogP contribution < -0.4 is 9.47 Å².